The van der Waals surface area contributed by atoms with Crippen molar-refractivity contribution < 1.29 is 17.3 Å². The van der Waals surface area contributed by atoms with E-state index in [-0.39, 0.29) is 11.5 Å². The van der Waals surface area contributed by atoms with E-state index in [4.69, 9.17) is 43.7 Å². The number of fused-ring (bicyclic) bond motifs is 1. The van der Waals surface area contributed by atoms with Crippen LogP contribution in [-0.4, -0.2) is 21.1 Å². The van der Waals surface area contributed by atoms with Gasteiger partial charge in [-0.25, -0.2) is 0 Å². The molecule has 0 N–H and O–H groups in total. The first-order chi connectivity index (χ1) is 14.2. The van der Waals surface area contributed by atoms with Gasteiger partial charge in [0.05, 0.1) is 14.9 Å². The van der Waals surface area contributed by atoms with Gasteiger partial charge < -0.3 is 4.74 Å². The average molecular weight is 484 g/mol. The summed E-state index contributed by atoms with van der Waals surface area (Å²) in [5.74, 6) is 0.616. The molecule has 0 fully saturated rings. The number of para-hydroxylation sites is 1. The van der Waals surface area contributed by atoms with Gasteiger partial charge in [-0.1, -0.05) is 70.7 Å². The minimum absolute atomic E-state index is 0.105. The van der Waals surface area contributed by atoms with Crippen molar-refractivity contribution in [1.29, 1.82) is 0 Å². The summed E-state index contributed by atoms with van der Waals surface area (Å²) >= 11 is 18.8. The number of aryl methyl sites for hydroxylation is 1. The molecule has 0 aromatic heterocycles. The lowest BCUT2D eigenvalue weighted by Crippen LogP contribution is -2.23. The number of hydrogen-bond donors (Lipinski definition) is 0. The largest absolute Gasteiger partial charge is 0.487 e. The smallest absolute Gasteiger partial charge is 0.297 e. The lowest BCUT2D eigenvalue weighted by atomic mass is 10.0. The third kappa shape index (κ3) is 4.32. The molecular formula is C22H17Cl3O4S. The van der Waals surface area contributed by atoms with Crippen LogP contribution in [0.25, 0.3) is 11.1 Å². The molecule has 1 atom stereocenters. The first-order valence-corrected chi connectivity index (χ1v) is 11.7. The highest BCUT2D eigenvalue weighted by atomic mass is 35.5. The fourth-order valence-electron chi connectivity index (χ4n) is 3.37. The van der Waals surface area contributed by atoms with E-state index in [1.165, 1.54) is 12.1 Å². The molecule has 0 saturated heterocycles. The van der Waals surface area contributed by atoms with Crippen LogP contribution in [0.5, 0.6) is 5.75 Å². The van der Waals surface area contributed by atoms with Crippen molar-refractivity contribution in [2.24, 2.45) is 0 Å². The second-order valence-electron chi connectivity index (χ2n) is 7.03. The highest BCUT2D eigenvalue weighted by Crippen LogP contribution is 2.45. The Labute approximate surface area is 190 Å². The van der Waals surface area contributed by atoms with Crippen molar-refractivity contribution >= 4 is 44.9 Å². The molecule has 30 heavy (non-hydrogen) atoms. The molecule has 0 radical (unpaired) electrons. The summed E-state index contributed by atoms with van der Waals surface area (Å²) in [5.41, 5.74) is 3.24. The van der Waals surface area contributed by atoms with Crippen LogP contribution in [-0.2, 0) is 20.7 Å². The second kappa shape index (κ2) is 8.40. The minimum atomic E-state index is -3.87. The van der Waals surface area contributed by atoms with Crippen LogP contribution in [0.3, 0.4) is 0 Å². The molecule has 156 valence electrons. The molecular weight excluding hydrogens is 467 g/mol. The van der Waals surface area contributed by atoms with Gasteiger partial charge in [0.2, 0.25) is 0 Å². The molecule has 1 unspecified atom stereocenters. The van der Waals surface area contributed by atoms with E-state index in [1.807, 2.05) is 25.1 Å². The van der Waals surface area contributed by atoms with E-state index in [2.05, 4.69) is 0 Å². The maximum absolute atomic E-state index is 12.5. The summed E-state index contributed by atoms with van der Waals surface area (Å²) in [6.45, 7) is 1.78. The monoisotopic (exact) mass is 482 g/mol. The van der Waals surface area contributed by atoms with Crippen LogP contribution < -0.4 is 4.74 Å². The number of ether oxygens (including phenoxy) is 1. The summed E-state index contributed by atoms with van der Waals surface area (Å²) in [7, 11) is -3.87. The van der Waals surface area contributed by atoms with Gasteiger partial charge in [0.15, 0.2) is 0 Å². The molecule has 0 saturated carbocycles. The van der Waals surface area contributed by atoms with Crippen LogP contribution >= 0.6 is 34.8 Å². The zero-order valence-electron chi connectivity index (χ0n) is 15.9. The normalized spacial score (nSPS) is 15.7. The molecule has 0 aliphatic carbocycles. The molecule has 8 heteroatoms. The fraction of sp³-hybridized carbons (Fsp3) is 0.182. The van der Waals surface area contributed by atoms with E-state index < -0.39 is 16.2 Å². The first-order valence-electron chi connectivity index (χ1n) is 9.14. The molecule has 0 amide bonds. The molecule has 1 aliphatic heterocycles. The minimum Gasteiger partial charge on any atom is -0.487 e. The van der Waals surface area contributed by atoms with Crippen molar-refractivity contribution in [2.45, 2.75) is 24.3 Å². The Bertz CT molecular complexity index is 1180. The first kappa shape index (κ1) is 21.5. The maximum Gasteiger partial charge on any atom is 0.297 e. The lowest BCUT2D eigenvalue weighted by Gasteiger charge is -2.15. The Hall–Kier alpha value is -1.76. The number of rotatable bonds is 5. The van der Waals surface area contributed by atoms with E-state index in [0.717, 1.165) is 16.7 Å². The van der Waals surface area contributed by atoms with Crippen molar-refractivity contribution in [3.8, 4) is 16.9 Å². The SMILES string of the molecule is Cc1ccc(S(=O)(=O)OCC2Cc3cccc(-c4c(Cl)cc(Cl)cc4Cl)c3O2)cc1. The van der Waals surface area contributed by atoms with E-state index in [9.17, 15) is 8.42 Å². The Morgan fingerprint density at radius 3 is 2.37 bits per heavy atom. The maximum atomic E-state index is 12.5. The quantitative estimate of drug-likeness (QED) is 0.398. The zero-order valence-corrected chi connectivity index (χ0v) is 18.9. The molecule has 3 aromatic rings. The van der Waals surface area contributed by atoms with Crippen molar-refractivity contribution in [3.63, 3.8) is 0 Å². The summed E-state index contributed by atoms with van der Waals surface area (Å²) in [6, 6.07) is 15.4. The van der Waals surface area contributed by atoms with Crippen LogP contribution in [0.1, 0.15) is 11.1 Å². The van der Waals surface area contributed by atoms with E-state index in [0.29, 0.717) is 32.8 Å². The number of benzene rings is 3. The van der Waals surface area contributed by atoms with E-state index in [1.54, 1.807) is 24.3 Å². The van der Waals surface area contributed by atoms with Crippen LogP contribution in [0.4, 0.5) is 0 Å². The Balaban J connectivity index is 1.55. The summed E-state index contributed by atoms with van der Waals surface area (Å²) in [4.78, 5) is 0.115. The third-order valence-electron chi connectivity index (χ3n) is 4.82. The molecule has 3 aromatic carbocycles. The number of halogens is 3. The third-order valence-corrected chi connectivity index (χ3v) is 6.93. The molecule has 4 rings (SSSR count). The Morgan fingerprint density at radius 1 is 1.03 bits per heavy atom. The second-order valence-corrected chi connectivity index (χ2v) is 9.90. The van der Waals surface area contributed by atoms with Gasteiger partial charge in [-0.3, -0.25) is 4.18 Å². The Kier molecular flexibility index (Phi) is 6.02. The number of hydrogen-bond acceptors (Lipinski definition) is 4. The van der Waals surface area contributed by atoms with Gasteiger partial charge in [0.1, 0.15) is 18.5 Å². The predicted octanol–water partition coefficient (Wildman–Crippen LogP) is 6.33. The van der Waals surface area contributed by atoms with Gasteiger partial charge in [-0.2, -0.15) is 8.42 Å². The lowest BCUT2D eigenvalue weighted by molar-refractivity contribution is 0.152. The topological polar surface area (TPSA) is 52.6 Å². The standard InChI is InChI=1S/C22H17Cl3O4S/c1-13-5-7-17(8-6-13)30(26,27)28-12-16-9-14-3-2-4-18(22(14)29-16)21-19(24)10-15(23)11-20(21)25/h2-8,10-11,16H,9,12H2,1H3. The summed E-state index contributed by atoms with van der Waals surface area (Å²) < 4.78 is 36.2. The van der Waals surface area contributed by atoms with Gasteiger partial charge in [-0.05, 0) is 36.8 Å². The van der Waals surface area contributed by atoms with Gasteiger partial charge in [-0.15, -0.1) is 0 Å². The fourth-order valence-corrected chi connectivity index (χ4v) is 5.32. The van der Waals surface area contributed by atoms with Crippen molar-refractivity contribution in [3.05, 3.63) is 80.8 Å². The zero-order chi connectivity index (χ0) is 21.5. The Morgan fingerprint density at radius 2 is 1.70 bits per heavy atom. The van der Waals surface area contributed by atoms with Gasteiger partial charge >= 0.3 is 0 Å². The van der Waals surface area contributed by atoms with Gasteiger partial charge in [0, 0.05) is 22.6 Å². The van der Waals surface area contributed by atoms with Crippen LogP contribution in [0.2, 0.25) is 15.1 Å². The van der Waals surface area contributed by atoms with Crippen LogP contribution in [0, 0.1) is 6.92 Å². The molecule has 1 heterocycles. The van der Waals surface area contributed by atoms with Crippen molar-refractivity contribution in [1.82, 2.24) is 0 Å². The predicted molar refractivity (Wildman–Crippen MR) is 119 cm³/mol. The molecule has 1 aliphatic rings. The molecule has 0 bridgehead atoms. The van der Waals surface area contributed by atoms with Crippen LogP contribution in [0.15, 0.2) is 59.5 Å². The molecule has 4 nitrogen and oxygen atoms in total. The van der Waals surface area contributed by atoms with Gasteiger partial charge in [0.25, 0.3) is 10.1 Å². The molecule has 0 spiro atoms. The van der Waals surface area contributed by atoms with Crippen molar-refractivity contribution in [2.75, 3.05) is 6.61 Å². The van der Waals surface area contributed by atoms with E-state index >= 15 is 0 Å². The summed E-state index contributed by atoms with van der Waals surface area (Å²) in [5, 5.41) is 1.26. The highest BCUT2D eigenvalue weighted by molar-refractivity contribution is 7.86. The summed E-state index contributed by atoms with van der Waals surface area (Å²) in [6.07, 6.45) is 0.0568. The average Bonchev–Trinajstić information content (AvgIpc) is 3.10. The highest BCUT2D eigenvalue weighted by Gasteiger charge is 2.29.